The zero-order valence-corrected chi connectivity index (χ0v) is 17.6. The van der Waals surface area contributed by atoms with Gasteiger partial charge in [0.1, 0.15) is 13.2 Å². The number of nitrogens with one attached hydrogen (secondary N) is 2. The summed E-state index contributed by atoms with van der Waals surface area (Å²) >= 11 is 1.47. The molecule has 4 rings (SSSR count). The van der Waals surface area contributed by atoms with Crippen LogP contribution in [0.5, 0.6) is 11.5 Å². The molecule has 2 aromatic carbocycles. The Labute approximate surface area is 183 Å². The van der Waals surface area contributed by atoms with Gasteiger partial charge in [-0.1, -0.05) is 30.0 Å². The van der Waals surface area contributed by atoms with E-state index in [0.717, 1.165) is 16.2 Å². The van der Waals surface area contributed by atoms with Crippen LogP contribution in [0.4, 0.5) is 10.5 Å². The van der Waals surface area contributed by atoms with Crippen molar-refractivity contribution in [3.63, 3.8) is 0 Å². The molecule has 0 unspecified atom stereocenters. The van der Waals surface area contributed by atoms with Gasteiger partial charge in [0.2, 0.25) is 5.91 Å². The Balaban J connectivity index is 1.28. The van der Waals surface area contributed by atoms with E-state index in [2.05, 4.69) is 26.8 Å². The van der Waals surface area contributed by atoms with Crippen molar-refractivity contribution in [1.82, 2.24) is 14.9 Å². The van der Waals surface area contributed by atoms with Crippen molar-refractivity contribution in [1.29, 1.82) is 0 Å². The van der Waals surface area contributed by atoms with Crippen LogP contribution in [-0.2, 0) is 11.3 Å². The molecule has 0 saturated carbocycles. The first-order valence-electron chi connectivity index (χ1n) is 9.83. The number of amides is 3. The second-order valence-electron chi connectivity index (χ2n) is 6.74. The maximum Gasteiger partial charge on any atom is 0.325 e. The third-order valence-electron chi connectivity index (χ3n) is 4.54. The number of aromatic nitrogens is 2. The number of para-hydroxylation sites is 2. The number of rotatable bonds is 7. The molecule has 0 bridgehead atoms. The van der Waals surface area contributed by atoms with E-state index in [4.69, 9.17) is 9.47 Å². The fraction of sp³-hybridized carbons (Fsp3) is 0.227. The summed E-state index contributed by atoms with van der Waals surface area (Å²) in [6.45, 7) is 5.39. The van der Waals surface area contributed by atoms with E-state index in [1.807, 2.05) is 30.3 Å². The lowest BCUT2D eigenvalue weighted by molar-refractivity contribution is -0.119. The van der Waals surface area contributed by atoms with Gasteiger partial charge >= 0.3 is 6.03 Å². The Kier molecular flexibility index (Phi) is 6.42. The van der Waals surface area contributed by atoms with Crippen molar-refractivity contribution in [3.05, 3.63) is 55.1 Å². The van der Waals surface area contributed by atoms with Crippen LogP contribution in [0, 0.1) is 0 Å². The third-order valence-corrected chi connectivity index (χ3v) is 5.52. The standard InChI is InChI=1S/C22H22N4O4S/c1-2-10-26-17-6-4-3-5-16(17)24-22(26)31-13-9-20(27)25-21(28)23-15-7-8-18-19(14-15)30-12-11-29-18/h2-8,14H,1,9-13H2,(H2,23,25,27,28). The highest BCUT2D eigenvalue weighted by Gasteiger charge is 2.15. The minimum atomic E-state index is -0.592. The van der Waals surface area contributed by atoms with Gasteiger partial charge in [-0.05, 0) is 24.3 Å². The van der Waals surface area contributed by atoms with Gasteiger partial charge in [0.25, 0.3) is 0 Å². The van der Waals surface area contributed by atoms with E-state index in [1.165, 1.54) is 11.8 Å². The molecule has 8 nitrogen and oxygen atoms in total. The Bertz CT molecular complexity index is 1130. The lowest BCUT2D eigenvalue weighted by atomic mass is 10.2. The number of hydrogen-bond acceptors (Lipinski definition) is 6. The number of urea groups is 1. The topological polar surface area (TPSA) is 94.5 Å². The van der Waals surface area contributed by atoms with E-state index >= 15 is 0 Å². The summed E-state index contributed by atoms with van der Waals surface area (Å²) in [5.41, 5.74) is 2.44. The highest BCUT2D eigenvalue weighted by atomic mass is 32.2. The number of carbonyl (C=O) groups is 2. The first-order chi connectivity index (χ1) is 15.1. The van der Waals surface area contributed by atoms with E-state index in [-0.39, 0.29) is 12.3 Å². The molecule has 9 heteroatoms. The number of imide groups is 1. The van der Waals surface area contributed by atoms with Crippen LogP contribution in [0.1, 0.15) is 6.42 Å². The molecule has 1 aliphatic heterocycles. The van der Waals surface area contributed by atoms with Crippen molar-refractivity contribution in [3.8, 4) is 11.5 Å². The molecular weight excluding hydrogens is 416 g/mol. The number of thioether (sulfide) groups is 1. The molecule has 0 aliphatic carbocycles. The van der Waals surface area contributed by atoms with Crippen molar-refractivity contribution >= 4 is 40.4 Å². The van der Waals surface area contributed by atoms with Crippen LogP contribution in [-0.4, -0.2) is 40.5 Å². The van der Waals surface area contributed by atoms with Gasteiger partial charge in [-0.2, -0.15) is 0 Å². The van der Waals surface area contributed by atoms with Gasteiger partial charge in [0.05, 0.1) is 11.0 Å². The van der Waals surface area contributed by atoms with Crippen LogP contribution in [0.15, 0.2) is 60.3 Å². The second-order valence-corrected chi connectivity index (χ2v) is 7.80. The van der Waals surface area contributed by atoms with Gasteiger partial charge in [0.15, 0.2) is 16.7 Å². The number of ether oxygens (including phenoxy) is 2. The van der Waals surface area contributed by atoms with Crippen LogP contribution < -0.4 is 20.1 Å². The normalized spacial score (nSPS) is 12.4. The zero-order chi connectivity index (χ0) is 21.6. The zero-order valence-electron chi connectivity index (χ0n) is 16.8. The third kappa shape index (κ3) is 5.00. The fourth-order valence-electron chi connectivity index (χ4n) is 3.18. The van der Waals surface area contributed by atoms with E-state index < -0.39 is 6.03 Å². The Morgan fingerprint density at radius 1 is 1.16 bits per heavy atom. The average molecular weight is 439 g/mol. The number of carbonyl (C=O) groups excluding carboxylic acids is 2. The molecule has 1 aliphatic rings. The van der Waals surface area contributed by atoms with Gasteiger partial charge in [-0.25, -0.2) is 9.78 Å². The van der Waals surface area contributed by atoms with Crippen molar-refractivity contribution in [2.45, 2.75) is 18.1 Å². The predicted octanol–water partition coefficient (Wildman–Crippen LogP) is 3.82. The highest BCUT2D eigenvalue weighted by Crippen LogP contribution is 2.32. The molecule has 0 saturated heterocycles. The monoisotopic (exact) mass is 438 g/mol. The van der Waals surface area contributed by atoms with Crippen LogP contribution >= 0.6 is 11.8 Å². The maximum absolute atomic E-state index is 12.2. The molecule has 2 heterocycles. The van der Waals surface area contributed by atoms with Crippen LogP contribution in [0.25, 0.3) is 11.0 Å². The van der Waals surface area contributed by atoms with Crippen molar-refractivity contribution in [2.24, 2.45) is 0 Å². The summed E-state index contributed by atoms with van der Waals surface area (Å²) < 4.78 is 13.0. The summed E-state index contributed by atoms with van der Waals surface area (Å²) in [7, 11) is 0. The number of nitrogens with zero attached hydrogens (tertiary/aromatic N) is 2. The Hall–Kier alpha value is -3.46. The summed E-state index contributed by atoms with van der Waals surface area (Å²) in [4.78, 5) is 28.9. The number of fused-ring (bicyclic) bond motifs is 2. The number of allylic oxidation sites excluding steroid dienone is 1. The quantitative estimate of drug-likeness (QED) is 0.430. The smallest absolute Gasteiger partial charge is 0.325 e. The first-order valence-corrected chi connectivity index (χ1v) is 10.8. The molecule has 0 radical (unpaired) electrons. The predicted molar refractivity (Wildman–Crippen MR) is 120 cm³/mol. The maximum atomic E-state index is 12.2. The lowest BCUT2D eigenvalue weighted by Gasteiger charge is -2.19. The summed E-state index contributed by atoms with van der Waals surface area (Å²) in [6.07, 6.45) is 1.99. The molecule has 31 heavy (non-hydrogen) atoms. The van der Waals surface area contributed by atoms with Crippen molar-refractivity contribution < 1.29 is 19.1 Å². The molecule has 0 spiro atoms. The first kappa shape index (κ1) is 20.8. The van der Waals surface area contributed by atoms with Gasteiger partial charge in [-0.3, -0.25) is 10.1 Å². The molecule has 1 aromatic heterocycles. The largest absolute Gasteiger partial charge is 0.486 e. The number of imidazole rings is 1. The highest BCUT2D eigenvalue weighted by molar-refractivity contribution is 7.99. The molecular formula is C22H22N4O4S. The van der Waals surface area contributed by atoms with E-state index in [0.29, 0.717) is 42.7 Å². The molecule has 0 atom stereocenters. The van der Waals surface area contributed by atoms with Gasteiger partial charge in [0, 0.05) is 30.5 Å². The summed E-state index contributed by atoms with van der Waals surface area (Å²) in [5, 5.41) is 5.79. The summed E-state index contributed by atoms with van der Waals surface area (Å²) in [6, 6.07) is 12.3. The minimum Gasteiger partial charge on any atom is -0.486 e. The Morgan fingerprint density at radius 2 is 1.97 bits per heavy atom. The van der Waals surface area contributed by atoms with E-state index in [1.54, 1.807) is 18.2 Å². The average Bonchev–Trinajstić information content (AvgIpc) is 3.11. The summed E-state index contributed by atoms with van der Waals surface area (Å²) in [5.74, 6) is 1.32. The number of anilines is 1. The van der Waals surface area contributed by atoms with E-state index in [9.17, 15) is 9.59 Å². The fourth-order valence-corrected chi connectivity index (χ4v) is 4.14. The minimum absolute atomic E-state index is 0.177. The SMILES string of the molecule is C=CCn1c(SCCC(=O)NC(=O)Nc2ccc3c(c2)OCCO3)nc2ccccc21. The van der Waals surface area contributed by atoms with Crippen molar-refractivity contribution in [2.75, 3.05) is 24.3 Å². The Morgan fingerprint density at radius 3 is 2.81 bits per heavy atom. The molecule has 3 aromatic rings. The van der Waals surface area contributed by atoms with Crippen LogP contribution in [0.2, 0.25) is 0 Å². The van der Waals surface area contributed by atoms with Crippen LogP contribution in [0.3, 0.4) is 0 Å². The molecule has 2 N–H and O–H groups in total. The molecule has 160 valence electrons. The molecule has 3 amide bonds. The number of benzene rings is 2. The molecule has 0 fully saturated rings. The van der Waals surface area contributed by atoms with Gasteiger partial charge in [-0.15, -0.1) is 6.58 Å². The number of hydrogen-bond donors (Lipinski definition) is 2. The van der Waals surface area contributed by atoms with Gasteiger partial charge < -0.3 is 19.4 Å². The lowest BCUT2D eigenvalue weighted by Crippen LogP contribution is -2.34. The second kappa shape index (κ2) is 9.57.